The van der Waals surface area contributed by atoms with Gasteiger partial charge in [0.15, 0.2) is 0 Å². The molecular weight excluding hydrogens is 412 g/mol. The first kappa shape index (κ1) is 20.9. The Morgan fingerprint density at radius 1 is 1.34 bits per heavy atom. The van der Waals surface area contributed by atoms with Crippen LogP contribution in [0.2, 0.25) is 5.02 Å². The van der Waals surface area contributed by atoms with Crippen molar-refractivity contribution in [3.63, 3.8) is 0 Å². The van der Waals surface area contributed by atoms with E-state index in [-0.39, 0.29) is 12.5 Å². The number of amides is 2. The zero-order chi connectivity index (χ0) is 21.0. The van der Waals surface area contributed by atoms with Gasteiger partial charge in [0.25, 0.3) is 5.91 Å². The van der Waals surface area contributed by atoms with Gasteiger partial charge in [0, 0.05) is 31.1 Å². The molecule has 3 aromatic rings. The van der Waals surface area contributed by atoms with E-state index in [2.05, 4.69) is 10.3 Å². The molecule has 0 atom stereocenters. The molecule has 3 N–H and O–H groups in total. The lowest BCUT2D eigenvalue weighted by molar-refractivity contribution is -0.118. The van der Waals surface area contributed by atoms with E-state index in [1.165, 1.54) is 18.3 Å². The number of thiazole rings is 1. The van der Waals surface area contributed by atoms with E-state index in [1.54, 1.807) is 18.2 Å². The number of halogens is 1. The minimum Gasteiger partial charge on any atom is -0.485 e. The number of nitrogens with zero attached hydrogens (tertiary/aromatic N) is 2. The van der Waals surface area contributed by atoms with Gasteiger partial charge < -0.3 is 20.4 Å². The summed E-state index contributed by atoms with van der Waals surface area (Å²) in [5, 5.41) is 5.97. The third-order valence-electron chi connectivity index (χ3n) is 4.34. The molecule has 3 rings (SSSR count). The van der Waals surface area contributed by atoms with E-state index in [9.17, 15) is 9.59 Å². The Balaban J connectivity index is 1.82. The van der Waals surface area contributed by atoms with Crippen molar-refractivity contribution in [2.75, 3.05) is 6.54 Å². The number of hydrogen-bond acceptors (Lipinski definition) is 5. The fourth-order valence-electron chi connectivity index (χ4n) is 2.93. The molecule has 0 spiro atoms. The van der Waals surface area contributed by atoms with Crippen LogP contribution >= 0.6 is 22.9 Å². The number of carbonyl (C=O) groups excluding carboxylic acids is 2. The summed E-state index contributed by atoms with van der Waals surface area (Å²) < 4.78 is 7.68. The molecule has 0 aliphatic carbocycles. The van der Waals surface area contributed by atoms with Crippen LogP contribution in [0.5, 0.6) is 5.75 Å². The Morgan fingerprint density at radius 3 is 2.79 bits per heavy atom. The van der Waals surface area contributed by atoms with Gasteiger partial charge in [-0.05, 0) is 25.1 Å². The summed E-state index contributed by atoms with van der Waals surface area (Å²) in [6.45, 7) is 4.50. The maximum Gasteiger partial charge on any atom is 0.250 e. The molecule has 2 heterocycles. The fourth-order valence-corrected chi connectivity index (χ4v) is 3.82. The largest absolute Gasteiger partial charge is 0.485 e. The standard InChI is InChI=1S/C20H21ClN4O3S/c1-12-14(20(22)27)9-17(25(12)8-7-23-13(2)26)16-11-29-19(24-16)10-28-18-6-4-3-5-15(18)21/h3-6,9,11H,7-8,10H2,1-2H3,(H2,22,27)(H,23,26). The number of aromatic nitrogens is 2. The van der Waals surface area contributed by atoms with E-state index in [0.29, 0.717) is 35.1 Å². The quantitative estimate of drug-likeness (QED) is 0.569. The topological polar surface area (TPSA) is 99.2 Å². The van der Waals surface area contributed by atoms with Crippen molar-refractivity contribution < 1.29 is 14.3 Å². The molecule has 0 aliphatic heterocycles. The monoisotopic (exact) mass is 432 g/mol. The number of benzene rings is 1. The lowest BCUT2D eigenvalue weighted by Gasteiger charge is -2.11. The first-order valence-electron chi connectivity index (χ1n) is 8.93. The van der Waals surface area contributed by atoms with Gasteiger partial charge in [0.1, 0.15) is 17.4 Å². The summed E-state index contributed by atoms with van der Waals surface area (Å²) >= 11 is 7.57. The molecule has 0 aliphatic rings. The smallest absolute Gasteiger partial charge is 0.250 e. The highest BCUT2D eigenvalue weighted by atomic mass is 35.5. The summed E-state index contributed by atoms with van der Waals surface area (Å²) in [5.41, 5.74) is 8.16. The van der Waals surface area contributed by atoms with Crippen LogP contribution in [0.4, 0.5) is 0 Å². The van der Waals surface area contributed by atoms with Crippen LogP contribution in [-0.4, -0.2) is 27.9 Å². The second-order valence-corrected chi connectivity index (χ2v) is 7.72. The molecule has 0 saturated heterocycles. The van der Waals surface area contributed by atoms with Crippen molar-refractivity contribution in [1.29, 1.82) is 0 Å². The van der Waals surface area contributed by atoms with Gasteiger partial charge in [0.05, 0.1) is 22.0 Å². The second-order valence-electron chi connectivity index (χ2n) is 6.37. The Kier molecular flexibility index (Phi) is 6.56. The van der Waals surface area contributed by atoms with Crippen molar-refractivity contribution >= 4 is 34.8 Å². The number of nitrogens with one attached hydrogen (secondary N) is 1. The van der Waals surface area contributed by atoms with Crippen molar-refractivity contribution in [3.05, 3.63) is 57.0 Å². The minimum absolute atomic E-state index is 0.112. The van der Waals surface area contributed by atoms with Crippen molar-refractivity contribution in [2.45, 2.75) is 27.0 Å². The number of rotatable bonds is 8. The van der Waals surface area contributed by atoms with Gasteiger partial charge in [-0.25, -0.2) is 4.98 Å². The Bertz CT molecular complexity index is 1040. The van der Waals surface area contributed by atoms with Crippen LogP contribution in [0.15, 0.2) is 35.7 Å². The fraction of sp³-hybridized carbons (Fsp3) is 0.250. The molecular formula is C20H21ClN4O3S. The van der Waals surface area contributed by atoms with Gasteiger partial charge in [-0.15, -0.1) is 11.3 Å². The first-order valence-corrected chi connectivity index (χ1v) is 10.2. The highest BCUT2D eigenvalue weighted by molar-refractivity contribution is 7.09. The highest BCUT2D eigenvalue weighted by Crippen LogP contribution is 2.29. The van der Waals surface area contributed by atoms with E-state index in [4.69, 9.17) is 22.1 Å². The van der Waals surface area contributed by atoms with Crippen molar-refractivity contribution in [2.24, 2.45) is 5.73 Å². The molecule has 2 amide bonds. The SMILES string of the molecule is CC(=O)NCCn1c(-c2csc(COc3ccccc3Cl)n2)cc(C(N)=O)c1C. The predicted octanol–water partition coefficient (Wildman–Crippen LogP) is 3.39. The normalized spacial score (nSPS) is 10.7. The van der Waals surface area contributed by atoms with Crippen LogP contribution in [-0.2, 0) is 17.9 Å². The summed E-state index contributed by atoms with van der Waals surface area (Å²) in [7, 11) is 0. The zero-order valence-corrected chi connectivity index (χ0v) is 17.6. The number of primary amides is 1. The zero-order valence-electron chi connectivity index (χ0n) is 16.1. The van der Waals surface area contributed by atoms with Crippen LogP contribution < -0.4 is 15.8 Å². The van der Waals surface area contributed by atoms with E-state index >= 15 is 0 Å². The molecule has 29 heavy (non-hydrogen) atoms. The van der Waals surface area contributed by atoms with Gasteiger partial charge in [-0.2, -0.15) is 0 Å². The van der Waals surface area contributed by atoms with Crippen LogP contribution in [0.1, 0.15) is 28.0 Å². The predicted molar refractivity (Wildman–Crippen MR) is 113 cm³/mol. The molecule has 2 aromatic heterocycles. The van der Waals surface area contributed by atoms with Gasteiger partial charge in [-0.1, -0.05) is 23.7 Å². The van der Waals surface area contributed by atoms with Crippen molar-refractivity contribution in [3.8, 4) is 17.1 Å². The minimum atomic E-state index is -0.500. The van der Waals surface area contributed by atoms with E-state index in [0.717, 1.165) is 16.4 Å². The summed E-state index contributed by atoms with van der Waals surface area (Å²) in [6, 6.07) is 8.99. The summed E-state index contributed by atoms with van der Waals surface area (Å²) in [5.74, 6) is -0.0184. The average molecular weight is 433 g/mol. The van der Waals surface area contributed by atoms with Crippen molar-refractivity contribution in [1.82, 2.24) is 14.9 Å². The molecule has 0 unspecified atom stereocenters. The lowest BCUT2D eigenvalue weighted by atomic mass is 10.2. The van der Waals surface area contributed by atoms with Gasteiger partial charge in [-0.3, -0.25) is 9.59 Å². The first-order chi connectivity index (χ1) is 13.9. The second kappa shape index (κ2) is 9.11. The third-order valence-corrected chi connectivity index (χ3v) is 5.48. The van der Waals surface area contributed by atoms with E-state index in [1.807, 2.05) is 29.0 Å². The third kappa shape index (κ3) is 4.96. The molecule has 1 aromatic carbocycles. The number of hydrogen-bond donors (Lipinski definition) is 2. The molecule has 152 valence electrons. The molecule has 0 bridgehead atoms. The van der Waals surface area contributed by atoms with Crippen LogP contribution in [0.25, 0.3) is 11.4 Å². The van der Waals surface area contributed by atoms with Gasteiger partial charge in [0.2, 0.25) is 5.91 Å². The molecule has 9 heteroatoms. The average Bonchev–Trinajstić information content (AvgIpc) is 3.26. The van der Waals surface area contributed by atoms with Crippen LogP contribution in [0.3, 0.4) is 0 Å². The summed E-state index contributed by atoms with van der Waals surface area (Å²) in [4.78, 5) is 27.6. The lowest BCUT2D eigenvalue weighted by Crippen LogP contribution is -2.25. The van der Waals surface area contributed by atoms with Crippen LogP contribution in [0, 0.1) is 6.92 Å². The maximum absolute atomic E-state index is 11.8. The Morgan fingerprint density at radius 2 is 2.10 bits per heavy atom. The molecule has 0 fully saturated rings. The molecule has 7 nitrogen and oxygen atoms in total. The van der Waals surface area contributed by atoms with E-state index < -0.39 is 5.91 Å². The number of nitrogens with two attached hydrogens (primary N) is 1. The molecule has 0 saturated carbocycles. The number of carbonyl (C=O) groups is 2. The van der Waals surface area contributed by atoms with Gasteiger partial charge >= 0.3 is 0 Å². The Hall–Kier alpha value is -2.84. The highest BCUT2D eigenvalue weighted by Gasteiger charge is 2.18. The molecule has 0 radical (unpaired) electrons. The summed E-state index contributed by atoms with van der Waals surface area (Å²) in [6.07, 6.45) is 0. The maximum atomic E-state index is 11.8. The Labute approximate surface area is 177 Å². The number of ether oxygens (including phenoxy) is 1. The number of para-hydroxylation sites is 1.